The van der Waals surface area contributed by atoms with E-state index in [-0.39, 0.29) is 5.91 Å². The number of hydrogen-bond donors (Lipinski definition) is 0. The highest BCUT2D eigenvalue weighted by atomic mass is 32.1. The summed E-state index contributed by atoms with van der Waals surface area (Å²) in [5.74, 6) is 0.244. The maximum absolute atomic E-state index is 12.6. The van der Waals surface area contributed by atoms with Crippen molar-refractivity contribution in [3.05, 3.63) is 59.1 Å². The molecule has 2 aromatic carbocycles. The molecule has 5 heteroatoms. The van der Waals surface area contributed by atoms with E-state index in [4.69, 9.17) is 0 Å². The number of rotatable bonds is 4. The van der Waals surface area contributed by atoms with Gasteiger partial charge in [-0.3, -0.25) is 4.79 Å². The quantitative estimate of drug-likeness (QED) is 0.704. The van der Waals surface area contributed by atoms with E-state index in [1.54, 1.807) is 11.3 Å². The Kier molecular flexibility index (Phi) is 4.89. The SMILES string of the molecule is Cc1cccc(N2CCN(C(=O)CCc3nc4ccccc4s3)CC2)c1. The molecular formula is C21H23N3OS. The largest absolute Gasteiger partial charge is 0.368 e. The van der Waals surface area contributed by atoms with Crippen LogP contribution in [0.1, 0.15) is 17.0 Å². The Hall–Kier alpha value is -2.40. The van der Waals surface area contributed by atoms with E-state index in [2.05, 4.69) is 47.1 Å². The third-order valence-corrected chi connectivity index (χ3v) is 5.99. The Bertz CT molecular complexity index is 879. The molecule has 1 fully saturated rings. The van der Waals surface area contributed by atoms with Crippen molar-refractivity contribution in [3.63, 3.8) is 0 Å². The topological polar surface area (TPSA) is 36.4 Å². The van der Waals surface area contributed by atoms with Crippen LogP contribution < -0.4 is 4.90 Å². The van der Waals surface area contributed by atoms with Crippen molar-refractivity contribution in [1.29, 1.82) is 0 Å². The van der Waals surface area contributed by atoms with E-state index in [1.165, 1.54) is 16.0 Å². The molecular weight excluding hydrogens is 342 g/mol. The van der Waals surface area contributed by atoms with Crippen molar-refractivity contribution >= 4 is 33.1 Å². The summed E-state index contributed by atoms with van der Waals surface area (Å²) in [7, 11) is 0. The van der Waals surface area contributed by atoms with Crippen molar-refractivity contribution in [1.82, 2.24) is 9.88 Å². The van der Waals surface area contributed by atoms with Gasteiger partial charge >= 0.3 is 0 Å². The zero-order chi connectivity index (χ0) is 17.9. The first-order valence-electron chi connectivity index (χ1n) is 9.13. The summed E-state index contributed by atoms with van der Waals surface area (Å²) in [6.45, 7) is 5.51. The highest BCUT2D eigenvalue weighted by Crippen LogP contribution is 2.23. The Labute approximate surface area is 158 Å². The number of hydrogen-bond acceptors (Lipinski definition) is 4. The van der Waals surface area contributed by atoms with Gasteiger partial charge in [0, 0.05) is 44.7 Å². The molecule has 4 nitrogen and oxygen atoms in total. The summed E-state index contributed by atoms with van der Waals surface area (Å²) < 4.78 is 1.20. The number of carbonyl (C=O) groups excluding carboxylic acids is 1. The molecule has 1 aromatic heterocycles. The van der Waals surface area contributed by atoms with E-state index >= 15 is 0 Å². The molecule has 2 heterocycles. The van der Waals surface area contributed by atoms with Crippen LogP contribution in [-0.2, 0) is 11.2 Å². The first-order valence-corrected chi connectivity index (χ1v) is 9.94. The van der Waals surface area contributed by atoms with Crippen molar-refractivity contribution < 1.29 is 4.79 Å². The van der Waals surface area contributed by atoms with Gasteiger partial charge < -0.3 is 9.80 Å². The number of fused-ring (bicyclic) bond motifs is 1. The minimum absolute atomic E-state index is 0.244. The third-order valence-electron chi connectivity index (χ3n) is 4.89. The van der Waals surface area contributed by atoms with Crippen LogP contribution in [0.15, 0.2) is 48.5 Å². The average Bonchev–Trinajstić information content (AvgIpc) is 3.09. The fourth-order valence-electron chi connectivity index (χ4n) is 3.44. The van der Waals surface area contributed by atoms with Gasteiger partial charge in [-0.25, -0.2) is 4.98 Å². The Balaban J connectivity index is 1.30. The highest BCUT2D eigenvalue weighted by Gasteiger charge is 2.21. The normalized spacial score (nSPS) is 14.8. The molecule has 1 aliphatic heterocycles. The maximum Gasteiger partial charge on any atom is 0.223 e. The molecule has 0 aliphatic carbocycles. The molecule has 134 valence electrons. The molecule has 0 unspecified atom stereocenters. The number of nitrogens with zero attached hydrogens (tertiary/aromatic N) is 3. The van der Waals surface area contributed by atoms with E-state index in [0.29, 0.717) is 6.42 Å². The summed E-state index contributed by atoms with van der Waals surface area (Å²) in [6.07, 6.45) is 1.28. The van der Waals surface area contributed by atoms with Gasteiger partial charge in [0.1, 0.15) is 0 Å². The van der Waals surface area contributed by atoms with Gasteiger partial charge in [0.25, 0.3) is 0 Å². The lowest BCUT2D eigenvalue weighted by atomic mass is 10.2. The monoisotopic (exact) mass is 365 g/mol. The first-order chi connectivity index (χ1) is 12.7. The number of para-hydroxylation sites is 1. The van der Waals surface area contributed by atoms with E-state index in [0.717, 1.165) is 43.1 Å². The van der Waals surface area contributed by atoms with Crippen LogP contribution in [0, 0.1) is 6.92 Å². The molecule has 0 atom stereocenters. The zero-order valence-corrected chi connectivity index (χ0v) is 15.8. The van der Waals surface area contributed by atoms with Crippen molar-refractivity contribution in [2.24, 2.45) is 0 Å². The molecule has 0 saturated carbocycles. The van der Waals surface area contributed by atoms with Crippen LogP contribution in [0.2, 0.25) is 0 Å². The molecule has 26 heavy (non-hydrogen) atoms. The number of anilines is 1. The molecule has 4 rings (SSSR count). The predicted octanol–water partition coefficient (Wildman–Crippen LogP) is 3.89. The minimum Gasteiger partial charge on any atom is -0.368 e. The summed E-state index contributed by atoms with van der Waals surface area (Å²) in [5, 5.41) is 1.05. The number of piperazine rings is 1. The van der Waals surface area contributed by atoms with E-state index in [9.17, 15) is 4.79 Å². The summed E-state index contributed by atoms with van der Waals surface area (Å²) >= 11 is 1.69. The summed E-state index contributed by atoms with van der Waals surface area (Å²) in [5.41, 5.74) is 3.56. The van der Waals surface area contributed by atoms with Gasteiger partial charge in [-0.05, 0) is 36.8 Å². The zero-order valence-electron chi connectivity index (χ0n) is 15.0. The minimum atomic E-state index is 0.244. The second kappa shape index (κ2) is 7.46. The van der Waals surface area contributed by atoms with Crippen LogP contribution in [0.4, 0.5) is 5.69 Å². The van der Waals surface area contributed by atoms with Gasteiger partial charge in [-0.2, -0.15) is 0 Å². The summed E-state index contributed by atoms with van der Waals surface area (Å²) in [6, 6.07) is 16.7. The summed E-state index contributed by atoms with van der Waals surface area (Å²) in [4.78, 5) is 21.6. The van der Waals surface area contributed by atoms with Crippen LogP contribution in [0.3, 0.4) is 0 Å². The van der Waals surface area contributed by atoms with Crippen molar-refractivity contribution in [2.45, 2.75) is 19.8 Å². The molecule has 0 bridgehead atoms. The van der Waals surface area contributed by atoms with Gasteiger partial charge in [0.05, 0.1) is 15.2 Å². The van der Waals surface area contributed by atoms with Gasteiger partial charge in [-0.15, -0.1) is 11.3 Å². The van der Waals surface area contributed by atoms with Crippen LogP contribution in [0.25, 0.3) is 10.2 Å². The molecule has 0 N–H and O–H groups in total. The number of thiazole rings is 1. The Morgan fingerprint density at radius 2 is 1.88 bits per heavy atom. The lowest BCUT2D eigenvalue weighted by Crippen LogP contribution is -2.48. The van der Waals surface area contributed by atoms with E-state index in [1.807, 2.05) is 23.1 Å². The lowest BCUT2D eigenvalue weighted by Gasteiger charge is -2.36. The first kappa shape index (κ1) is 17.0. The second-order valence-electron chi connectivity index (χ2n) is 6.78. The van der Waals surface area contributed by atoms with Crippen molar-refractivity contribution in [2.75, 3.05) is 31.1 Å². The predicted molar refractivity (Wildman–Crippen MR) is 108 cm³/mol. The molecule has 3 aromatic rings. The van der Waals surface area contributed by atoms with Crippen molar-refractivity contribution in [3.8, 4) is 0 Å². The molecule has 1 amide bonds. The molecule has 0 spiro atoms. The smallest absolute Gasteiger partial charge is 0.223 e. The van der Waals surface area contributed by atoms with Gasteiger partial charge in [-0.1, -0.05) is 24.3 Å². The van der Waals surface area contributed by atoms with Crippen LogP contribution in [0.5, 0.6) is 0 Å². The maximum atomic E-state index is 12.6. The highest BCUT2D eigenvalue weighted by molar-refractivity contribution is 7.18. The molecule has 1 aliphatic rings. The third kappa shape index (κ3) is 3.73. The second-order valence-corrected chi connectivity index (χ2v) is 7.90. The number of aryl methyl sites for hydroxylation is 2. The fourth-order valence-corrected chi connectivity index (χ4v) is 4.40. The number of amides is 1. The fraction of sp³-hybridized carbons (Fsp3) is 0.333. The Morgan fingerprint density at radius 3 is 2.65 bits per heavy atom. The number of benzene rings is 2. The van der Waals surface area contributed by atoms with E-state index < -0.39 is 0 Å². The standard InChI is InChI=1S/C21H23N3OS/c1-16-5-4-6-17(15-16)23-11-13-24(14-12-23)21(25)10-9-20-22-18-7-2-3-8-19(18)26-20/h2-8,15H,9-14H2,1H3. The lowest BCUT2D eigenvalue weighted by molar-refractivity contribution is -0.131. The number of aromatic nitrogens is 1. The number of carbonyl (C=O) groups is 1. The Morgan fingerprint density at radius 1 is 1.08 bits per heavy atom. The van der Waals surface area contributed by atoms with Crippen LogP contribution in [-0.4, -0.2) is 42.0 Å². The van der Waals surface area contributed by atoms with Crippen LogP contribution >= 0.6 is 11.3 Å². The van der Waals surface area contributed by atoms with Gasteiger partial charge in [0.2, 0.25) is 5.91 Å². The molecule has 1 saturated heterocycles. The average molecular weight is 366 g/mol. The molecule has 0 radical (unpaired) electrons. The van der Waals surface area contributed by atoms with Gasteiger partial charge in [0.15, 0.2) is 0 Å².